The molecule has 3 heterocycles. The number of benzene rings is 1. The Labute approximate surface area is 97.4 Å². The Morgan fingerprint density at radius 1 is 1.44 bits per heavy atom. The number of rotatable bonds is 2. The summed E-state index contributed by atoms with van der Waals surface area (Å²) in [5.74, 6) is 0.530. The van der Waals surface area contributed by atoms with Gasteiger partial charge in [-0.2, -0.15) is 5.12 Å². The first-order valence-corrected chi connectivity index (χ1v) is 5.25. The summed E-state index contributed by atoms with van der Waals surface area (Å²) in [4.78, 5) is 0. The van der Waals surface area contributed by atoms with E-state index in [9.17, 15) is 0 Å². The molecule has 84 valence electrons. The fourth-order valence-electron chi connectivity index (χ4n) is 1.88. The lowest BCUT2D eigenvalue weighted by Crippen LogP contribution is -2.72. The minimum atomic E-state index is -0.160. The number of hydrogen-bond donors (Lipinski definition) is 3. The van der Waals surface area contributed by atoms with Gasteiger partial charge in [-0.3, -0.25) is 5.43 Å². The Kier molecular flexibility index (Phi) is 1.97. The van der Waals surface area contributed by atoms with Gasteiger partial charge in [0.25, 0.3) is 0 Å². The third kappa shape index (κ3) is 1.24. The Hall–Kier alpha value is -1.50. The number of hydrazone groups is 1. The summed E-state index contributed by atoms with van der Waals surface area (Å²) in [7, 11) is 0. The van der Waals surface area contributed by atoms with E-state index < -0.39 is 0 Å². The van der Waals surface area contributed by atoms with Crippen molar-refractivity contribution < 1.29 is 0 Å². The van der Waals surface area contributed by atoms with E-state index in [2.05, 4.69) is 10.5 Å². The largest absolute Gasteiger partial charge is 0.384 e. The van der Waals surface area contributed by atoms with Crippen LogP contribution in [0.3, 0.4) is 0 Å². The van der Waals surface area contributed by atoms with Crippen LogP contribution in [0.2, 0.25) is 5.02 Å². The van der Waals surface area contributed by atoms with E-state index in [1.807, 2.05) is 24.3 Å². The molecule has 0 spiro atoms. The van der Waals surface area contributed by atoms with Gasteiger partial charge in [-0.25, -0.2) is 0 Å². The van der Waals surface area contributed by atoms with Crippen LogP contribution in [0.1, 0.15) is 0 Å². The number of nitrogens with one attached hydrogen (secondary N) is 1. The van der Waals surface area contributed by atoms with Crippen molar-refractivity contribution in [3.63, 3.8) is 0 Å². The molecule has 2 unspecified atom stereocenters. The first-order valence-electron chi connectivity index (χ1n) is 4.87. The zero-order valence-corrected chi connectivity index (χ0v) is 9.09. The first-order chi connectivity index (χ1) is 7.66. The number of nitrogens with two attached hydrogens (primary N) is 2. The first kappa shape index (κ1) is 9.71. The van der Waals surface area contributed by atoms with Gasteiger partial charge in [-0.1, -0.05) is 17.7 Å². The highest BCUT2D eigenvalue weighted by Gasteiger charge is 2.53. The fourth-order valence-corrected chi connectivity index (χ4v) is 2.07. The Morgan fingerprint density at radius 2 is 2.25 bits per heavy atom. The molecule has 3 aliphatic heterocycles. The number of hydrogen-bond acceptors (Lipinski definition) is 6. The van der Waals surface area contributed by atoms with Crippen molar-refractivity contribution in [2.75, 3.05) is 5.43 Å². The van der Waals surface area contributed by atoms with Gasteiger partial charge in [-0.15, -0.1) is 10.2 Å². The van der Waals surface area contributed by atoms with Crippen LogP contribution < -0.4 is 16.9 Å². The SMILES string of the molecule is NC1=NN2C(N)C1N2Nc1cccc(Cl)c1. The second-order valence-electron chi connectivity index (χ2n) is 3.75. The van der Waals surface area contributed by atoms with Gasteiger partial charge >= 0.3 is 0 Å². The lowest BCUT2D eigenvalue weighted by molar-refractivity contribution is -0.143. The quantitative estimate of drug-likeness (QED) is 0.683. The van der Waals surface area contributed by atoms with Crippen LogP contribution in [0.5, 0.6) is 0 Å². The molecule has 0 aliphatic carbocycles. The van der Waals surface area contributed by atoms with E-state index in [4.69, 9.17) is 23.1 Å². The predicted octanol–water partition coefficient (Wildman–Crippen LogP) is 0.139. The number of hydrazine groups is 2. The average molecular weight is 239 g/mol. The van der Waals surface area contributed by atoms with E-state index in [1.54, 1.807) is 10.2 Å². The molecule has 5 N–H and O–H groups in total. The second-order valence-corrected chi connectivity index (χ2v) is 4.18. The highest BCUT2D eigenvalue weighted by atomic mass is 35.5. The van der Waals surface area contributed by atoms with Gasteiger partial charge < -0.3 is 11.5 Å². The van der Waals surface area contributed by atoms with Crippen LogP contribution in [0.25, 0.3) is 0 Å². The molecule has 1 saturated heterocycles. The van der Waals surface area contributed by atoms with Crippen LogP contribution in [-0.4, -0.2) is 28.3 Å². The molecular formula is C9H11ClN6. The molecule has 0 saturated carbocycles. The van der Waals surface area contributed by atoms with Gasteiger partial charge in [0.2, 0.25) is 0 Å². The molecule has 3 aliphatic rings. The molecule has 0 amide bonds. The molecule has 7 heteroatoms. The molecule has 1 aromatic carbocycles. The zero-order valence-electron chi connectivity index (χ0n) is 8.34. The van der Waals surface area contributed by atoms with E-state index in [-0.39, 0.29) is 12.2 Å². The van der Waals surface area contributed by atoms with Gasteiger partial charge in [-0.05, 0) is 18.2 Å². The van der Waals surface area contributed by atoms with Crippen molar-refractivity contribution in [3.05, 3.63) is 29.3 Å². The molecule has 0 aromatic heterocycles. The number of nitrogens with zero attached hydrogens (tertiary/aromatic N) is 3. The van der Waals surface area contributed by atoms with Crippen LogP contribution >= 0.6 is 11.6 Å². The summed E-state index contributed by atoms with van der Waals surface area (Å²) < 4.78 is 0. The smallest absolute Gasteiger partial charge is 0.147 e. The van der Waals surface area contributed by atoms with E-state index in [0.29, 0.717) is 10.9 Å². The zero-order chi connectivity index (χ0) is 11.3. The minimum Gasteiger partial charge on any atom is -0.384 e. The number of amidine groups is 1. The van der Waals surface area contributed by atoms with E-state index in [1.165, 1.54) is 0 Å². The van der Waals surface area contributed by atoms with Gasteiger partial charge in [0, 0.05) is 5.02 Å². The van der Waals surface area contributed by atoms with Crippen molar-refractivity contribution in [2.45, 2.75) is 12.2 Å². The van der Waals surface area contributed by atoms with Crippen LogP contribution in [-0.2, 0) is 0 Å². The molecule has 1 aromatic rings. The lowest BCUT2D eigenvalue weighted by Gasteiger charge is -2.46. The number of halogens is 1. The fraction of sp³-hybridized carbons (Fsp3) is 0.222. The molecule has 4 rings (SSSR count). The van der Waals surface area contributed by atoms with Gasteiger partial charge in [0.15, 0.2) is 0 Å². The minimum absolute atomic E-state index is 0.0704. The van der Waals surface area contributed by atoms with E-state index >= 15 is 0 Å². The molecule has 2 bridgehead atoms. The second kappa shape index (κ2) is 3.24. The van der Waals surface area contributed by atoms with Crippen molar-refractivity contribution in [1.82, 2.24) is 10.2 Å². The van der Waals surface area contributed by atoms with Gasteiger partial charge in [0.1, 0.15) is 18.0 Å². The van der Waals surface area contributed by atoms with Crippen molar-refractivity contribution in [3.8, 4) is 0 Å². The maximum atomic E-state index is 5.89. The third-order valence-electron chi connectivity index (χ3n) is 2.66. The lowest BCUT2D eigenvalue weighted by atomic mass is 10.2. The monoisotopic (exact) mass is 238 g/mol. The summed E-state index contributed by atoms with van der Waals surface area (Å²) in [5.41, 5.74) is 15.5. The summed E-state index contributed by atoms with van der Waals surface area (Å²) in [5, 5.41) is 8.14. The highest BCUT2D eigenvalue weighted by Crippen LogP contribution is 2.31. The summed E-state index contributed by atoms with van der Waals surface area (Å²) >= 11 is 5.89. The van der Waals surface area contributed by atoms with Crippen molar-refractivity contribution in [1.29, 1.82) is 0 Å². The molecule has 1 fully saturated rings. The standard InChI is InChI=1S/C9H11ClN6/c10-5-2-1-3-6(4-5)13-15-7-8(11)14-16(15)9(7)12/h1-4,7,9,13H,12H2,(H2,11,14). The van der Waals surface area contributed by atoms with Crippen LogP contribution in [0.4, 0.5) is 5.69 Å². The van der Waals surface area contributed by atoms with Gasteiger partial charge in [0.05, 0.1) is 5.69 Å². The van der Waals surface area contributed by atoms with E-state index in [0.717, 1.165) is 5.69 Å². The summed E-state index contributed by atoms with van der Waals surface area (Å²) in [6, 6.07) is 7.34. The third-order valence-corrected chi connectivity index (χ3v) is 2.90. The van der Waals surface area contributed by atoms with Crippen molar-refractivity contribution in [2.24, 2.45) is 16.6 Å². The maximum absolute atomic E-state index is 5.89. The average Bonchev–Trinajstić information content (AvgIpc) is 2.71. The Balaban J connectivity index is 1.75. The maximum Gasteiger partial charge on any atom is 0.147 e. The van der Waals surface area contributed by atoms with Crippen LogP contribution in [0.15, 0.2) is 29.4 Å². The topological polar surface area (TPSA) is 82.9 Å². The normalized spacial score (nSPS) is 27.6. The molecule has 6 nitrogen and oxygen atoms in total. The molecule has 2 atom stereocenters. The molecule has 16 heavy (non-hydrogen) atoms. The Bertz CT molecular complexity index is 461. The number of anilines is 1. The molecule has 0 radical (unpaired) electrons. The summed E-state index contributed by atoms with van der Waals surface area (Å²) in [6.45, 7) is 0. The van der Waals surface area contributed by atoms with Crippen LogP contribution in [0, 0.1) is 0 Å². The summed E-state index contributed by atoms with van der Waals surface area (Å²) in [6.07, 6.45) is -0.160. The predicted molar refractivity (Wildman–Crippen MR) is 62.1 cm³/mol. The highest BCUT2D eigenvalue weighted by molar-refractivity contribution is 6.30. The molecular weight excluding hydrogens is 228 g/mol. The van der Waals surface area contributed by atoms with Crippen molar-refractivity contribution >= 4 is 23.1 Å². The Morgan fingerprint density at radius 3 is 2.81 bits per heavy atom.